The van der Waals surface area contributed by atoms with Crippen LogP contribution in [0.25, 0.3) is 0 Å². The third-order valence-corrected chi connectivity index (χ3v) is 4.59. The lowest BCUT2D eigenvalue weighted by Crippen LogP contribution is -2.38. The minimum absolute atomic E-state index is 0.0505. The SMILES string of the molecule is C[C@H]1CC[C@H](NC(=O)c2cnc3c(n2)CCCC3)CC1. The molecule has 0 atom stereocenters. The van der Waals surface area contributed by atoms with Gasteiger partial charge in [-0.3, -0.25) is 9.78 Å². The van der Waals surface area contributed by atoms with Gasteiger partial charge in [0.15, 0.2) is 0 Å². The van der Waals surface area contributed by atoms with Crippen molar-refractivity contribution in [2.24, 2.45) is 5.92 Å². The number of nitrogens with zero attached hydrogens (tertiary/aromatic N) is 2. The zero-order chi connectivity index (χ0) is 13.9. The molecule has 1 aromatic rings. The first-order chi connectivity index (χ1) is 9.72. The second-order valence-corrected chi connectivity index (χ2v) is 6.29. The zero-order valence-corrected chi connectivity index (χ0v) is 12.2. The lowest BCUT2D eigenvalue weighted by molar-refractivity contribution is 0.0917. The Kier molecular flexibility index (Phi) is 3.99. The third-order valence-electron chi connectivity index (χ3n) is 4.59. The van der Waals surface area contributed by atoms with Crippen LogP contribution in [-0.2, 0) is 12.8 Å². The quantitative estimate of drug-likeness (QED) is 0.901. The molecular weight excluding hydrogens is 250 g/mol. The van der Waals surface area contributed by atoms with Crippen LogP contribution in [-0.4, -0.2) is 21.9 Å². The van der Waals surface area contributed by atoms with Gasteiger partial charge >= 0.3 is 0 Å². The first kappa shape index (κ1) is 13.5. The first-order valence-electron chi connectivity index (χ1n) is 7.88. The number of carbonyl (C=O) groups is 1. The van der Waals surface area contributed by atoms with E-state index in [2.05, 4.69) is 22.2 Å². The average Bonchev–Trinajstić information content (AvgIpc) is 2.49. The minimum Gasteiger partial charge on any atom is -0.348 e. The molecule has 2 aliphatic carbocycles. The monoisotopic (exact) mass is 273 g/mol. The van der Waals surface area contributed by atoms with E-state index in [4.69, 9.17) is 0 Å². The molecule has 1 N–H and O–H groups in total. The molecule has 2 aliphatic rings. The Morgan fingerprint density at radius 3 is 2.60 bits per heavy atom. The molecule has 0 spiro atoms. The summed E-state index contributed by atoms with van der Waals surface area (Å²) in [5.41, 5.74) is 2.60. The van der Waals surface area contributed by atoms with Gasteiger partial charge in [0, 0.05) is 6.04 Å². The van der Waals surface area contributed by atoms with E-state index in [9.17, 15) is 4.79 Å². The number of aromatic nitrogens is 2. The van der Waals surface area contributed by atoms with Gasteiger partial charge in [-0.05, 0) is 57.3 Å². The van der Waals surface area contributed by atoms with E-state index >= 15 is 0 Å². The molecule has 1 heterocycles. The molecule has 0 unspecified atom stereocenters. The van der Waals surface area contributed by atoms with E-state index in [0.29, 0.717) is 11.7 Å². The number of hydrogen-bond donors (Lipinski definition) is 1. The van der Waals surface area contributed by atoms with Crippen molar-refractivity contribution in [2.75, 3.05) is 0 Å². The molecule has 3 rings (SSSR count). The summed E-state index contributed by atoms with van der Waals surface area (Å²) in [6.07, 6.45) is 10.6. The molecule has 1 amide bonds. The fourth-order valence-electron chi connectivity index (χ4n) is 3.22. The number of nitrogens with one attached hydrogen (secondary N) is 1. The lowest BCUT2D eigenvalue weighted by atomic mass is 9.87. The molecule has 0 radical (unpaired) electrons. The Hall–Kier alpha value is -1.45. The van der Waals surface area contributed by atoms with Gasteiger partial charge in [-0.15, -0.1) is 0 Å². The van der Waals surface area contributed by atoms with Crippen molar-refractivity contribution in [3.8, 4) is 0 Å². The maximum Gasteiger partial charge on any atom is 0.271 e. The van der Waals surface area contributed by atoms with Crippen LogP contribution >= 0.6 is 0 Å². The van der Waals surface area contributed by atoms with Crippen LogP contribution in [0.5, 0.6) is 0 Å². The highest BCUT2D eigenvalue weighted by molar-refractivity contribution is 5.92. The number of amides is 1. The average molecular weight is 273 g/mol. The summed E-state index contributed by atoms with van der Waals surface area (Å²) in [5, 5.41) is 3.12. The van der Waals surface area contributed by atoms with Gasteiger partial charge in [-0.1, -0.05) is 6.92 Å². The second kappa shape index (κ2) is 5.90. The third kappa shape index (κ3) is 3.00. The van der Waals surface area contributed by atoms with Crippen molar-refractivity contribution >= 4 is 5.91 Å². The van der Waals surface area contributed by atoms with Gasteiger partial charge in [0.2, 0.25) is 0 Å². The van der Waals surface area contributed by atoms with Crippen LogP contribution in [0, 0.1) is 5.92 Å². The molecule has 0 aliphatic heterocycles. The van der Waals surface area contributed by atoms with E-state index in [-0.39, 0.29) is 5.91 Å². The summed E-state index contributed by atoms with van der Waals surface area (Å²) < 4.78 is 0. The van der Waals surface area contributed by atoms with Gasteiger partial charge in [-0.2, -0.15) is 0 Å². The smallest absolute Gasteiger partial charge is 0.271 e. The van der Waals surface area contributed by atoms with Crippen molar-refractivity contribution in [1.29, 1.82) is 0 Å². The molecule has 0 saturated heterocycles. The number of hydrogen-bond acceptors (Lipinski definition) is 3. The Bertz CT molecular complexity index is 492. The van der Waals surface area contributed by atoms with Crippen LogP contribution in [0.1, 0.15) is 67.3 Å². The van der Waals surface area contributed by atoms with Crippen LogP contribution in [0.2, 0.25) is 0 Å². The van der Waals surface area contributed by atoms with Crippen molar-refractivity contribution in [1.82, 2.24) is 15.3 Å². The van der Waals surface area contributed by atoms with Gasteiger partial charge in [0.1, 0.15) is 5.69 Å². The Morgan fingerprint density at radius 2 is 1.85 bits per heavy atom. The summed E-state index contributed by atoms with van der Waals surface area (Å²) in [5.74, 6) is 0.747. The van der Waals surface area contributed by atoms with Crippen molar-refractivity contribution in [3.05, 3.63) is 23.3 Å². The van der Waals surface area contributed by atoms with Crippen LogP contribution in [0.3, 0.4) is 0 Å². The van der Waals surface area contributed by atoms with E-state index in [1.807, 2.05) is 0 Å². The Labute approximate surface area is 120 Å². The molecule has 0 bridgehead atoms. The van der Waals surface area contributed by atoms with Gasteiger partial charge < -0.3 is 5.32 Å². The van der Waals surface area contributed by atoms with E-state index in [0.717, 1.165) is 49.4 Å². The molecule has 0 aromatic carbocycles. The largest absolute Gasteiger partial charge is 0.348 e. The maximum absolute atomic E-state index is 12.3. The van der Waals surface area contributed by atoms with E-state index in [1.54, 1.807) is 6.20 Å². The van der Waals surface area contributed by atoms with Crippen LogP contribution < -0.4 is 5.32 Å². The van der Waals surface area contributed by atoms with Crippen LogP contribution in [0.4, 0.5) is 0 Å². The van der Waals surface area contributed by atoms with Crippen molar-refractivity contribution in [2.45, 2.75) is 64.3 Å². The minimum atomic E-state index is -0.0505. The molecule has 1 fully saturated rings. The Balaban J connectivity index is 1.65. The summed E-state index contributed by atoms with van der Waals surface area (Å²) in [7, 11) is 0. The molecule has 1 saturated carbocycles. The second-order valence-electron chi connectivity index (χ2n) is 6.29. The fourth-order valence-corrected chi connectivity index (χ4v) is 3.22. The maximum atomic E-state index is 12.3. The fraction of sp³-hybridized carbons (Fsp3) is 0.688. The summed E-state index contributed by atoms with van der Waals surface area (Å²) in [6.45, 7) is 2.28. The highest BCUT2D eigenvalue weighted by atomic mass is 16.1. The highest BCUT2D eigenvalue weighted by Crippen LogP contribution is 2.23. The van der Waals surface area contributed by atoms with Crippen molar-refractivity contribution in [3.63, 3.8) is 0 Å². The number of carbonyl (C=O) groups excluding carboxylic acids is 1. The normalized spacial score (nSPS) is 25.9. The van der Waals surface area contributed by atoms with Gasteiger partial charge in [0.25, 0.3) is 5.91 Å². The van der Waals surface area contributed by atoms with Gasteiger partial charge in [0.05, 0.1) is 17.6 Å². The summed E-state index contributed by atoms with van der Waals surface area (Å²) in [6, 6.07) is 0.316. The standard InChI is InChI=1S/C16H23N3O/c1-11-6-8-12(9-7-11)18-16(20)15-10-17-13-4-2-3-5-14(13)19-15/h10-12H,2-9H2,1H3,(H,18,20)/t11-,12-. The number of fused-ring (bicyclic) bond motifs is 1. The summed E-state index contributed by atoms with van der Waals surface area (Å²) in [4.78, 5) is 21.2. The molecule has 1 aromatic heterocycles. The van der Waals surface area contributed by atoms with E-state index < -0.39 is 0 Å². The van der Waals surface area contributed by atoms with Crippen molar-refractivity contribution < 1.29 is 4.79 Å². The molecular formula is C16H23N3O. The molecule has 4 heteroatoms. The van der Waals surface area contributed by atoms with Crippen LogP contribution in [0.15, 0.2) is 6.20 Å². The number of aryl methyl sites for hydroxylation is 2. The lowest BCUT2D eigenvalue weighted by Gasteiger charge is -2.26. The molecule has 108 valence electrons. The highest BCUT2D eigenvalue weighted by Gasteiger charge is 2.22. The van der Waals surface area contributed by atoms with E-state index in [1.165, 1.54) is 19.3 Å². The predicted molar refractivity (Wildman–Crippen MR) is 77.6 cm³/mol. The van der Waals surface area contributed by atoms with Gasteiger partial charge in [-0.25, -0.2) is 4.98 Å². The first-order valence-corrected chi connectivity index (χ1v) is 7.88. The Morgan fingerprint density at radius 1 is 1.15 bits per heavy atom. The molecule has 20 heavy (non-hydrogen) atoms. The topological polar surface area (TPSA) is 54.9 Å². The predicted octanol–water partition coefficient (Wildman–Crippen LogP) is 2.66. The zero-order valence-electron chi connectivity index (χ0n) is 12.2. The summed E-state index contributed by atoms with van der Waals surface area (Å²) >= 11 is 0. The molecule has 4 nitrogen and oxygen atoms in total. The number of rotatable bonds is 2.